The van der Waals surface area contributed by atoms with E-state index in [1.165, 1.54) is 0 Å². The largest absolute Gasteiger partial charge is 0.480 e. The quantitative estimate of drug-likeness (QED) is 0.623. The van der Waals surface area contributed by atoms with Crippen molar-refractivity contribution in [1.82, 2.24) is 5.32 Å². The van der Waals surface area contributed by atoms with Gasteiger partial charge in [0.1, 0.15) is 6.04 Å². The molecule has 5 nitrogen and oxygen atoms in total. The van der Waals surface area contributed by atoms with Crippen LogP contribution in [0.15, 0.2) is 62.4 Å². The summed E-state index contributed by atoms with van der Waals surface area (Å²) in [5.41, 5.74) is 0.330. The molecular formula is C17H15Br2NO4S. The van der Waals surface area contributed by atoms with Gasteiger partial charge in [-0.3, -0.25) is 9.00 Å². The minimum Gasteiger partial charge on any atom is -0.480 e. The Balaban J connectivity index is 2.02. The van der Waals surface area contributed by atoms with Crippen LogP contribution >= 0.6 is 31.9 Å². The topological polar surface area (TPSA) is 83.5 Å². The van der Waals surface area contributed by atoms with Crippen LogP contribution in [-0.4, -0.2) is 33.0 Å². The van der Waals surface area contributed by atoms with Gasteiger partial charge in [0.05, 0.1) is 10.8 Å². The number of rotatable bonds is 7. The van der Waals surface area contributed by atoms with E-state index in [9.17, 15) is 18.9 Å². The van der Waals surface area contributed by atoms with Crippen molar-refractivity contribution in [3.8, 4) is 0 Å². The van der Waals surface area contributed by atoms with Gasteiger partial charge in [-0.2, -0.15) is 0 Å². The highest BCUT2D eigenvalue weighted by Crippen LogP contribution is 2.20. The summed E-state index contributed by atoms with van der Waals surface area (Å²) in [6.07, 6.45) is 0.0672. The van der Waals surface area contributed by atoms with Crippen LogP contribution in [0.4, 0.5) is 0 Å². The first kappa shape index (κ1) is 19.8. The number of amides is 1. The summed E-state index contributed by atoms with van der Waals surface area (Å²) in [5.74, 6) is -1.52. The zero-order chi connectivity index (χ0) is 18.4. The maximum atomic E-state index is 12.3. The van der Waals surface area contributed by atoms with E-state index < -0.39 is 28.7 Å². The van der Waals surface area contributed by atoms with Crippen LogP contribution < -0.4 is 5.32 Å². The summed E-state index contributed by atoms with van der Waals surface area (Å²) in [6.45, 7) is 0. The molecule has 0 aromatic heterocycles. The van der Waals surface area contributed by atoms with Crippen LogP contribution in [-0.2, 0) is 15.6 Å². The van der Waals surface area contributed by atoms with Crippen molar-refractivity contribution < 1.29 is 18.9 Å². The van der Waals surface area contributed by atoms with Gasteiger partial charge in [0.2, 0.25) is 0 Å². The van der Waals surface area contributed by atoms with Crippen molar-refractivity contribution >= 4 is 54.5 Å². The molecule has 132 valence electrons. The molecule has 25 heavy (non-hydrogen) atoms. The van der Waals surface area contributed by atoms with Gasteiger partial charge in [0, 0.05) is 25.2 Å². The summed E-state index contributed by atoms with van der Waals surface area (Å²) in [5, 5.41) is 11.8. The molecular weight excluding hydrogens is 474 g/mol. The Kier molecular flexibility index (Phi) is 7.34. The molecule has 0 aliphatic rings. The molecule has 0 saturated heterocycles. The van der Waals surface area contributed by atoms with Crippen molar-refractivity contribution in [2.24, 2.45) is 0 Å². The molecule has 2 rings (SSSR count). The number of aliphatic carboxylic acids is 1. The van der Waals surface area contributed by atoms with Crippen LogP contribution in [0, 0.1) is 0 Å². The number of halogens is 2. The van der Waals surface area contributed by atoms with E-state index in [-0.39, 0.29) is 12.2 Å². The van der Waals surface area contributed by atoms with Gasteiger partial charge >= 0.3 is 5.97 Å². The van der Waals surface area contributed by atoms with Crippen molar-refractivity contribution in [2.75, 3.05) is 5.75 Å². The Labute approximate surface area is 164 Å². The molecule has 2 aromatic carbocycles. The highest BCUT2D eigenvalue weighted by molar-refractivity contribution is 9.11. The summed E-state index contributed by atoms with van der Waals surface area (Å²) < 4.78 is 13.6. The van der Waals surface area contributed by atoms with E-state index >= 15 is 0 Å². The first-order valence-electron chi connectivity index (χ1n) is 7.30. The first-order chi connectivity index (χ1) is 11.9. The highest BCUT2D eigenvalue weighted by Gasteiger charge is 2.22. The zero-order valence-corrected chi connectivity index (χ0v) is 16.9. The minimum absolute atomic E-state index is 0.0672. The SMILES string of the molecule is O=C(N[C@@H](CC[S@@](=O)c1ccccc1)C(=O)O)c1cc(Br)cc(Br)c1. The number of carboxylic acid groups (broad SMARTS) is 1. The van der Waals surface area contributed by atoms with Gasteiger partial charge in [0.15, 0.2) is 0 Å². The highest BCUT2D eigenvalue weighted by atomic mass is 79.9. The Morgan fingerprint density at radius 1 is 1.08 bits per heavy atom. The third kappa shape index (κ3) is 6.05. The molecule has 0 radical (unpaired) electrons. The van der Waals surface area contributed by atoms with Crippen LogP contribution in [0.1, 0.15) is 16.8 Å². The number of hydrogen-bond acceptors (Lipinski definition) is 3. The lowest BCUT2D eigenvalue weighted by Gasteiger charge is -2.15. The average molecular weight is 489 g/mol. The summed E-state index contributed by atoms with van der Waals surface area (Å²) in [7, 11) is -1.32. The lowest BCUT2D eigenvalue weighted by molar-refractivity contribution is -0.139. The van der Waals surface area contributed by atoms with Crippen molar-refractivity contribution in [3.05, 3.63) is 63.0 Å². The van der Waals surface area contributed by atoms with E-state index in [0.29, 0.717) is 19.4 Å². The lowest BCUT2D eigenvalue weighted by atomic mass is 10.1. The molecule has 0 aliphatic carbocycles. The number of carboxylic acids is 1. The fourth-order valence-electron chi connectivity index (χ4n) is 2.10. The lowest BCUT2D eigenvalue weighted by Crippen LogP contribution is -2.41. The molecule has 2 N–H and O–H groups in total. The summed E-state index contributed by atoms with van der Waals surface area (Å²) in [6, 6.07) is 12.7. The first-order valence-corrected chi connectivity index (χ1v) is 10.2. The Morgan fingerprint density at radius 3 is 2.24 bits per heavy atom. The summed E-state index contributed by atoms with van der Waals surface area (Å²) >= 11 is 6.57. The fourth-order valence-corrected chi connectivity index (χ4v) is 4.54. The van der Waals surface area contributed by atoms with Crippen LogP contribution in [0.5, 0.6) is 0 Å². The van der Waals surface area contributed by atoms with Crippen molar-refractivity contribution in [1.29, 1.82) is 0 Å². The van der Waals surface area contributed by atoms with E-state index in [0.717, 1.165) is 0 Å². The zero-order valence-electron chi connectivity index (χ0n) is 12.9. The second kappa shape index (κ2) is 9.26. The van der Waals surface area contributed by atoms with E-state index in [4.69, 9.17) is 0 Å². The smallest absolute Gasteiger partial charge is 0.326 e. The molecule has 0 spiro atoms. The minimum atomic E-state index is -1.32. The van der Waals surface area contributed by atoms with Crippen LogP contribution in [0.25, 0.3) is 0 Å². The molecule has 0 aliphatic heterocycles. The molecule has 2 aromatic rings. The number of carbonyl (C=O) groups is 2. The fraction of sp³-hybridized carbons (Fsp3) is 0.176. The second-order valence-corrected chi connectivity index (χ2v) is 8.58. The monoisotopic (exact) mass is 487 g/mol. The van der Waals surface area contributed by atoms with E-state index in [1.807, 2.05) is 6.07 Å². The molecule has 1 amide bonds. The van der Waals surface area contributed by atoms with Gasteiger partial charge in [-0.25, -0.2) is 4.79 Å². The van der Waals surface area contributed by atoms with E-state index in [2.05, 4.69) is 37.2 Å². The standard InChI is InChI=1S/C17H15Br2NO4S/c18-12-8-11(9-13(19)10-12)16(21)20-15(17(22)23)6-7-25(24)14-4-2-1-3-5-14/h1-5,8-10,15H,6-7H2,(H,20,21)(H,22,23)/t15-,25+/m0/s1. The van der Waals surface area contributed by atoms with E-state index in [1.54, 1.807) is 42.5 Å². The van der Waals surface area contributed by atoms with Gasteiger partial charge in [0.25, 0.3) is 5.91 Å². The van der Waals surface area contributed by atoms with Gasteiger partial charge in [-0.15, -0.1) is 0 Å². The Bertz CT molecular complexity index is 778. The average Bonchev–Trinajstić information content (AvgIpc) is 2.57. The normalized spacial score (nSPS) is 13.0. The maximum absolute atomic E-state index is 12.3. The van der Waals surface area contributed by atoms with Gasteiger partial charge in [-0.1, -0.05) is 50.1 Å². The third-order valence-corrected chi connectivity index (χ3v) is 5.65. The number of carbonyl (C=O) groups excluding carboxylic acids is 1. The third-order valence-electron chi connectivity index (χ3n) is 3.33. The molecule has 0 unspecified atom stereocenters. The molecule has 0 bridgehead atoms. The van der Waals surface area contributed by atoms with Gasteiger partial charge in [-0.05, 0) is 36.8 Å². The Morgan fingerprint density at radius 2 is 1.68 bits per heavy atom. The molecule has 0 heterocycles. The van der Waals surface area contributed by atoms with Crippen LogP contribution in [0.3, 0.4) is 0 Å². The van der Waals surface area contributed by atoms with Gasteiger partial charge < -0.3 is 10.4 Å². The molecule has 8 heteroatoms. The van der Waals surface area contributed by atoms with Crippen molar-refractivity contribution in [2.45, 2.75) is 17.4 Å². The van der Waals surface area contributed by atoms with Crippen molar-refractivity contribution in [3.63, 3.8) is 0 Å². The molecule has 0 saturated carbocycles. The predicted molar refractivity (Wildman–Crippen MR) is 103 cm³/mol. The summed E-state index contributed by atoms with van der Waals surface area (Å²) in [4.78, 5) is 24.3. The number of nitrogens with one attached hydrogen (secondary N) is 1. The Hall–Kier alpha value is -1.51. The predicted octanol–water partition coefficient (Wildman–Crippen LogP) is 3.59. The molecule has 0 fully saturated rings. The maximum Gasteiger partial charge on any atom is 0.326 e. The second-order valence-electron chi connectivity index (χ2n) is 5.17. The number of hydrogen-bond donors (Lipinski definition) is 2. The van der Waals surface area contributed by atoms with Crippen LogP contribution in [0.2, 0.25) is 0 Å². The molecule has 2 atom stereocenters. The number of benzene rings is 2.